The predicted molar refractivity (Wildman–Crippen MR) is 57.8 cm³/mol. The van der Waals surface area contributed by atoms with Crippen molar-refractivity contribution in [1.82, 2.24) is 0 Å². The molecule has 0 spiro atoms. The fourth-order valence-electron chi connectivity index (χ4n) is 1.15. The van der Waals surface area contributed by atoms with E-state index in [2.05, 4.69) is 15.9 Å². The Morgan fingerprint density at radius 3 is 2.57 bits per heavy atom. The molecule has 0 heterocycles. The van der Waals surface area contributed by atoms with Crippen LogP contribution in [0.2, 0.25) is 0 Å². The molecule has 0 saturated heterocycles. The molecule has 0 radical (unpaired) electrons. The smallest absolute Gasteiger partial charge is 0.293 e. The summed E-state index contributed by atoms with van der Waals surface area (Å²) in [7, 11) is 0. The average Bonchev–Trinajstić information content (AvgIpc) is 2.07. The van der Waals surface area contributed by atoms with Gasteiger partial charge < -0.3 is 11.5 Å². The molecule has 0 aliphatic rings. The van der Waals surface area contributed by atoms with Gasteiger partial charge in [0.25, 0.3) is 5.69 Å². The van der Waals surface area contributed by atoms with Crippen molar-refractivity contribution in [1.29, 1.82) is 0 Å². The van der Waals surface area contributed by atoms with Gasteiger partial charge in [0.15, 0.2) is 0 Å². The maximum atomic E-state index is 10.6. The Labute approximate surface area is 89.4 Å². The summed E-state index contributed by atoms with van der Waals surface area (Å²) in [5.74, 6) is 0. The monoisotopic (exact) mass is 259 g/mol. The number of rotatable bonds is 2. The highest BCUT2D eigenvalue weighted by atomic mass is 79.9. The molecule has 0 fully saturated rings. The van der Waals surface area contributed by atoms with Crippen molar-refractivity contribution in [2.24, 2.45) is 5.73 Å². The second-order valence-corrected chi connectivity index (χ2v) is 3.89. The highest BCUT2D eigenvalue weighted by Gasteiger charge is 2.18. The van der Waals surface area contributed by atoms with Gasteiger partial charge in [0.05, 0.1) is 4.92 Å². The van der Waals surface area contributed by atoms with Crippen LogP contribution in [-0.4, -0.2) is 4.92 Å². The summed E-state index contributed by atoms with van der Waals surface area (Å²) in [5, 5.41) is 10.6. The molecule has 4 N–H and O–H groups in total. The van der Waals surface area contributed by atoms with Crippen molar-refractivity contribution in [2.45, 2.75) is 13.0 Å². The third kappa shape index (κ3) is 2.02. The summed E-state index contributed by atoms with van der Waals surface area (Å²) < 4.78 is 0.603. The number of nitro benzene ring substituents is 1. The maximum Gasteiger partial charge on any atom is 0.293 e. The van der Waals surface area contributed by atoms with E-state index in [0.29, 0.717) is 10.0 Å². The van der Waals surface area contributed by atoms with E-state index >= 15 is 0 Å². The molecule has 1 atom stereocenters. The van der Waals surface area contributed by atoms with Gasteiger partial charge in [-0.2, -0.15) is 0 Å². The molecule has 6 heteroatoms. The van der Waals surface area contributed by atoms with Gasteiger partial charge >= 0.3 is 0 Å². The number of nitrogens with zero attached hydrogens (tertiary/aromatic N) is 1. The average molecular weight is 260 g/mol. The van der Waals surface area contributed by atoms with Crippen LogP contribution in [0.15, 0.2) is 16.6 Å². The van der Waals surface area contributed by atoms with Crippen LogP contribution in [0.3, 0.4) is 0 Å². The topological polar surface area (TPSA) is 95.2 Å². The lowest BCUT2D eigenvalue weighted by molar-refractivity contribution is -0.384. The van der Waals surface area contributed by atoms with Gasteiger partial charge in [-0.3, -0.25) is 10.1 Å². The van der Waals surface area contributed by atoms with Crippen LogP contribution in [0, 0.1) is 10.1 Å². The molecule has 0 bridgehead atoms. The number of anilines is 1. The van der Waals surface area contributed by atoms with Gasteiger partial charge in [-0.25, -0.2) is 0 Å². The molecular formula is C8H10BrN3O2. The van der Waals surface area contributed by atoms with Crippen LogP contribution >= 0.6 is 15.9 Å². The largest absolute Gasteiger partial charge is 0.393 e. The summed E-state index contributed by atoms with van der Waals surface area (Å²) >= 11 is 3.17. The molecule has 76 valence electrons. The Kier molecular flexibility index (Phi) is 3.07. The SMILES string of the molecule is C[C@@H](N)c1cc(Br)cc([N+](=O)[O-])c1N. The number of hydrogen-bond acceptors (Lipinski definition) is 4. The van der Waals surface area contributed by atoms with Gasteiger partial charge in [0.1, 0.15) is 5.69 Å². The molecule has 5 nitrogen and oxygen atoms in total. The predicted octanol–water partition coefficient (Wildman–Crippen LogP) is 1.96. The van der Waals surface area contributed by atoms with Crippen molar-refractivity contribution in [3.8, 4) is 0 Å². The first-order valence-electron chi connectivity index (χ1n) is 3.92. The zero-order valence-electron chi connectivity index (χ0n) is 7.53. The van der Waals surface area contributed by atoms with Gasteiger partial charge in [-0.15, -0.1) is 0 Å². The van der Waals surface area contributed by atoms with Crippen molar-refractivity contribution in [3.63, 3.8) is 0 Å². The number of benzene rings is 1. The third-order valence-corrected chi connectivity index (χ3v) is 2.30. The lowest BCUT2D eigenvalue weighted by Crippen LogP contribution is -2.09. The van der Waals surface area contributed by atoms with E-state index in [-0.39, 0.29) is 17.4 Å². The quantitative estimate of drug-likeness (QED) is 0.482. The Hall–Kier alpha value is -1.14. The Morgan fingerprint density at radius 1 is 1.57 bits per heavy atom. The molecule has 1 rings (SSSR count). The summed E-state index contributed by atoms with van der Waals surface area (Å²) in [6, 6.07) is 2.72. The van der Waals surface area contributed by atoms with Crippen LogP contribution < -0.4 is 11.5 Å². The normalized spacial score (nSPS) is 12.5. The zero-order chi connectivity index (χ0) is 10.9. The molecular weight excluding hydrogens is 250 g/mol. The minimum Gasteiger partial charge on any atom is -0.393 e. The molecule has 0 unspecified atom stereocenters. The van der Waals surface area contributed by atoms with Gasteiger partial charge in [-0.05, 0) is 18.6 Å². The first-order chi connectivity index (χ1) is 6.43. The minimum absolute atomic E-state index is 0.119. The maximum absolute atomic E-state index is 10.6. The lowest BCUT2D eigenvalue weighted by atomic mass is 10.1. The summed E-state index contributed by atoms with van der Waals surface area (Å²) in [6.45, 7) is 1.72. The van der Waals surface area contributed by atoms with Crippen LogP contribution in [0.25, 0.3) is 0 Å². The zero-order valence-corrected chi connectivity index (χ0v) is 9.11. The number of halogens is 1. The second-order valence-electron chi connectivity index (χ2n) is 2.97. The summed E-state index contributed by atoms with van der Waals surface area (Å²) in [5.41, 5.74) is 11.8. The van der Waals surface area contributed by atoms with E-state index in [1.54, 1.807) is 13.0 Å². The van der Waals surface area contributed by atoms with E-state index in [9.17, 15) is 10.1 Å². The summed E-state index contributed by atoms with van der Waals surface area (Å²) in [6.07, 6.45) is 0. The first kappa shape index (κ1) is 10.9. The van der Waals surface area contributed by atoms with Crippen molar-refractivity contribution in [2.75, 3.05) is 5.73 Å². The second kappa shape index (κ2) is 3.93. The molecule has 1 aromatic carbocycles. The van der Waals surface area contributed by atoms with Crippen LogP contribution in [0.5, 0.6) is 0 Å². The van der Waals surface area contributed by atoms with Crippen LogP contribution in [0.1, 0.15) is 18.5 Å². The molecule has 0 aliphatic carbocycles. The van der Waals surface area contributed by atoms with Gasteiger partial charge in [0.2, 0.25) is 0 Å². The van der Waals surface area contributed by atoms with Crippen LogP contribution in [-0.2, 0) is 0 Å². The van der Waals surface area contributed by atoms with E-state index in [4.69, 9.17) is 11.5 Å². The number of hydrogen-bond donors (Lipinski definition) is 2. The Morgan fingerprint density at radius 2 is 2.14 bits per heavy atom. The van der Waals surface area contributed by atoms with Gasteiger partial charge in [0, 0.05) is 16.6 Å². The molecule has 0 saturated carbocycles. The fraction of sp³-hybridized carbons (Fsp3) is 0.250. The minimum atomic E-state index is -0.522. The Bertz CT molecular complexity index is 379. The summed E-state index contributed by atoms with van der Waals surface area (Å²) in [4.78, 5) is 10.1. The lowest BCUT2D eigenvalue weighted by Gasteiger charge is -2.09. The standard InChI is InChI=1S/C8H10BrN3O2/c1-4(10)6-2-5(9)3-7(8(6)11)12(13)14/h2-4H,10-11H2,1H3/t4-/m1/s1. The Balaban J connectivity index is 3.40. The number of nitrogens with two attached hydrogens (primary N) is 2. The number of nitro groups is 1. The van der Waals surface area contributed by atoms with E-state index in [0.717, 1.165) is 0 Å². The van der Waals surface area contributed by atoms with Crippen molar-refractivity contribution in [3.05, 3.63) is 32.3 Å². The highest BCUT2D eigenvalue weighted by molar-refractivity contribution is 9.10. The molecule has 1 aromatic rings. The molecule has 0 aromatic heterocycles. The molecule has 0 amide bonds. The van der Waals surface area contributed by atoms with Gasteiger partial charge in [-0.1, -0.05) is 15.9 Å². The first-order valence-corrected chi connectivity index (χ1v) is 4.71. The highest BCUT2D eigenvalue weighted by Crippen LogP contribution is 2.32. The molecule has 0 aliphatic heterocycles. The fourth-order valence-corrected chi connectivity index (χ4v) is 1.62. The van der Waals surface area contributed by atoms with E-state index in [1.165, 1.54) is 6.07 Å². The third-order valence-electron chi connectivity index (χ3n) is 1.84. The van der Waals surface area contributed by atoms with Crippen molar-refractivity contribution < 1.29 is 4.92 Å². The van der Waals surface area contributed by atoms with Crippen molar-refractivity contribution >= 4 is 27.3 Å². The van der Waals surface area contributed by atoms with E-state index in [1.807, 2.05) is 0 Å². The van der Waals surface area contributed by atoms with Crippen LogP contribution in [0.4, 0.5) is 11.4 Å². The molecule has 14 heavy (non-hydrogen) atoms. The van der Waals surface area contributed by atoms with E-state index < -0.39 is 4.92 Å². The number of nitrogen functional groups attached to an aromatic ring is 1.